The number of benzene rings is 1. The molecule has 1 fully saturated rings. The summed E-state index contributed by atoms with van der Waals surface area (Å²) in [6.45, 7) is 10.5. The van der Waals surface area contributed by atoms with Crippen LogP contribution in [0.2, 0.25) is 0 Å². The van der Waals surface area contributed by atoms with E-state index >= 15 is 0 Å². The molecule has 0 spiro atoms. The Morgan fingerprint density at radius 2 is 1.84 bits per heavy atom. The lowest BCUT2D eigenvalue weighted by Crippen LogP contribution is -2.31. The number of ether oxygens (including phenoxy) is 1. The van der Waals surface area contributed by atoms with Gasteiger partial charge in [0, 0.05) is 26.2 Å². The SMILES string of the molecule is Cc1cc(C)c(C(O)CN2CCCOCC2)c(C)c1. The third kappa shape index (κ3) is 3.78. The normalized spacial score (nSPS) is 19.2. The first-order chi connectivity index (χ1) is 9.08. The van der Waals surface area contributed by atoms with Crippen molar-refractivity contribution in [3.05, 3.63) is 34.4 Å². The smallest absolute Gasteiger partial charge is 0.0922 e. The molecule has 0 saturated carbocycles. The standard InChI is InChI=1S/C16H25NO2/c1-12-9-13(2)16(14(3)10-12)15(18)11-17-5-4-7-19-8-6-17/h9-10,15,18H,4-8,11H2,1-3H3. The molecule has 1 atom stereocenters. The Morgan fingerprint density at radius 1 is 1.16 bits per heavy atom. The number of aliphatic hydroxyl groups excluding tert-OH is 1. The van der Waals surface area contributed by atoms with E-state index in [1.807, 2.05) is 0 Å². The summed E-state index contributed by atoms with van der Waals surface area (Å²) >= 11 is 0. The maximum absolute atomic E-state index is 10.5. The van der Waals surface area contributed by atoms with Crippen molar-refractivity contribution >= 4 is 0 Å². The van der Waals surface area contributed by atoms with Crippen molar-refractivity contribution in [1.82, 2.24) is 4.90 Å². The number of hydrogen-bond donors (Lipinski definition) is 1. The molecule has 3 heteroatoms. The molecule has 0 aromatic heterocycles. The van der Waals surface area contributed by atoms with Crippen LogP contribution in [0.1, 0.15) is 34.8 Å². The van der Waals surface area contributed by atoms with Crippen LogP contribution in [-0.2, 0) is 4.74 Å². The van der Waals surface area contributed by atoms with E-state index in [-0.39, 0.29) is 0 Å². The van der Waals surface area contributed by atoms with Crippen LogP contribution in [0.5, 0.6) is 0 Å². The van der Waals surface area contributed by atoms with Crippen LogP contribution in [0.25, 0.3) is 0 Å². The summed E-state index contributed by atoms with van der Waals surface area (Å²) in [7, 11) is 0. The molecule has 0 bridgehead atoms. The minimum atomic E-state index is -0.404. The number of aliphatic hydroxyl groups is 1. The second-order valence-corrected chi connectivity index (χ2v) is 5.59. The molecule has 3 nitrogen and oxygen atoms in total. The van der Waals surface area contributed by atoms with Gasteiger partial charge < -0.3 is 9.84 Å². The fourth-order valence-corrected chi connectivity index (χ4v) is 3.03. The van der Waals surface area contributed by atoms with E-state index in [1.54, 1.807) is 0 Å². The molecule has 2 rings (SSSR count). The average Bonchev–Trinajstić information content (AvgIpc) is 2.56. The number of hydrogen-bond acceptors (Lipinski definition) is 3. The largest absolute Gasteiger partial charge is 0.387 e. The molecule has 0 radical (unpaired) electrons. The Bertz CT molecular complexity index is 400. The minimum Gasteiger partial charge on any atom is -0.387 e. The van der Waals surface area contributed by atoms with E-state index in [2.05, 4.69) is 37.8 Å². The van der Waals surface area contributed by atoms with Crippen molar-refractivity contribution in [2.75, 3.05) is 32.8 Å². The molecule has 1 aliphatic rings. The fraction of sp³-hybridized carbons (Fsp3) is 0.625. The monoisotopic (exact) mass is 263 g/mol. The van der Waals surface area contributed by atoms with Gasteiger partial charge in [0.1, 0.15) is 0 Å². The van der Waals surface area contributed by atoms with Crippen LogP contribution >= 0.6 is 0 Å². The first-order valence-corrected chi connectivity index (χ1v) is 7.14. The van der Waals surface area contributed by atoms with Gasteiger partial charge in [-0.05, 0) is 43.9 Å². The highest BCUT2D eigenvalue weighted by Crippen LogP contribution is 2.24. The molecule has 19 heavy (non-hydrogen) atoms. The third-order valence-electron chi connectivity index (χ3n) is 3.82. The van der Waals surface area contributed by atoms with E-state index in [9.17, 15) is 5.11 Å². The van der Waals surface area contributed by atoms with Gasteiger partial charge in [-0.1, -0.05) is 17.7 Å². The topological polar surface area (TPSA) is 32.7 Å². The maximum Gasteiger partial charge on any atom is 0.0922 e. The minimum absolute atomic E-state index is 0.404. The van der Waals surface area contributed by atoms with E-state index in [1.165, 1.54) is 16.7 Å². The number of nitrogens with zero attached hydrogens (tertiary/aromatic N) is 1. The van der Waals surface area contributed by atoms with Gasteiger partial charge in [-0.25, -0.2) is 0 Å². The Morgan fingerprint density at radius 3 is 2.53 bits per heavy atom. The molecule has 1 saturated heterocycles. The predicted molar refractivity (Wildman–Crippen MR) is 77.5 cm³/mol. The fourth-order valence-electron chi connectivity index (χ4n) is 3.03. The van der Waals surface area contributed by atoms with E-state index in [4.69, 9.17) is 4.74 Å². The Labute approximate surface area is 116 Å². The lowest BCUT2D eigenvalue weighted by Gasteiger charge is -2.25. The lowest BCUT2D eigenvalue weighted by atomic mass is 9.95. The molecule has 1 heterocycles. The first-order valence-electron chi connectivity index (χ1n) is 7.14. The quantitative estimate of drug-likeness (QED) is 0.909. The summed E-state index contributed by atoms with van der Waals surface area (Å²) in [5, 5.41) is 10.5. The zero-order chi connectivity index (χ0) is 13.8. The van der Waals surface area contributed by atoms with Crippen LogP contribution in [-0.4, -0.2) is 42.9 Å². The molecule has 1 aliphatic heterocycles. The van der Waals surface area contributed by atoms with Crippen molar-refractivity contribution in [2.45, 2.75) is 33.3 Å². The Balaban J connectivity index is 2.08. The number of β-amino-alcohol motifs (C(OH)–C–C–N with tert-alkyl or cyclic N) is 1. The van der Waals surface area contributed by atoms with Gasteiger partial charge in [0.25, 0.3) is 0 Å². The van der Waals surface area contributed by atoms with Crippen molar-refractivity contribution in [1.29, 1.82) is 0 Å². The molecule has 0 amide bonds. The summed E-state index contributed by atoms with van der Waals surface area (Å²) in [4.78, 5) is 2.30. The molecule has 1 unspecified atom stereocenters. The summed E-state index contributed by atoms with van der Waals surface area (Å²) in [5.74, 6) is 0. The molecular weight excluding hydrogens is 238 g/mol. The molecule has 1 aromatic carbocycles. The number of rotatable bonds is 3. The lowest BCUT2D eigenvalue weighted by molar-refractivity contribution is 0.103. The van der Waals surface area contributed by atoms with Gasteiger partial charge in [-0.15, -0.1) is 0 Å². The summed E-state index contributed by atoms with van der Waals surface area (Å²) in [5.41, 5.74) is 4.73. The second kappa shape index (κ2) is 6.51. The van der Waals surface area contributed by atoms with E-state index < -0.39 is 6.10 Å². The van der Waals surface area contributed by atoms with Gasteiger partial charge >= 0.3 is 0 Å². The summed E-state index contributed by atoms with van der Waals surface area (Å²) in [6, 6.07) is 4.30. The van der Waals surface area contributed by atoms with Gasteiger partial charge in [-0.3, -0.25) is 4.90 Å². The third-order valence-corrected chi connectivity index (χ3v) is 3.82. The van der Waals surface area contributed by atoms with Gasteiger partial charge in [0.05, 0.1) is 12.7 Å². The highest BCUT2D eigenvalue weighted by atomic mass is 16.5. The Kier molecular flexibility index (Phi) is 4.97. The molecule has 106 valence electrons. The molecular formula is C16H25NO2. The van der Waals surface area contributed by atoms with Crippen LogP contribution in [0, 0.1) is 20.8 Å². The molecule has 0 aliphatic carbocycles. The second-order valence-electron chi connectivity index (χ2n) is 5.59. The zero-order valence-electron chi connectivity index (χ0n) is 12.3. The van der Waals surface area contributed by atoms with E-state index in [0.29, 0.717) is 6.54 Å². The van der Waals surface area contributed by atoms with Gasteiger partial charge in [-0.2, -0.15) is 0 Å². The maximum atomic E-state index is 10.5. The van der Waals surface area contributed by atoms with Crippen molar-refractivity contribution in [2.24, 2.45) is 0 Å². The molecule has 1 N–H and O–H groups in total. The van der Waals surface area contributed by atoms with Crippen molar-refractivity contribution in [3.8, 4) is 0 Å². The van der Waals surface area contributed by atoms with Crippen LogP contribution in [0.3, 0.4) is 0 Å². The highest BCUT2D eigenvalue weighted by Gasteiger charge is 2.18. The Hall–Kier alpha value is -0.900. The molecule has 1 aromatic rings. The van der Waals surface area contributed by atoms with Gasteiger partial charge in [0.2, 0.25) is 0 Å². The average molecular weight is 263 g/mol. The predicted octanol–water partition coefficient (Wildman–Crippen LogP) is 2.37. The van der Waals surface area contributed by atoms with Crippen molar-refractivity contribution < 1.29 is 9.84 Å². The van der Waals surface area contributed by atoms with Crippen LogP contribution in [0.15, 0.2) is 12.1 Å². The van der Waals surface area contributed by atoms with Crippen LogP contribution in [0.4, 0.5) is 0 Å². The van der Waals surface area contributed by atoms with Crippen LogP contribution < -0.4 is 0 Å². The van der Waals surface area contributed by atoms with Gasteiger partial charge in [0.15, 0.2) is 0 Å². The number of aryl methyl sites for hydroxylation is 3. The first kappa shape index (κ1) is 14.5. The van der Waals surface area contributed by atoms with Crippen molar-refractivity contribution in [3.63, 3.8) is 0 Å². The summed E-state index contributed by atoms with van der Waals surface area (Å²) in [6.07, 6.45) is 0.650. The zero-order valence-corrected chi connectivity index (χ0v) is 12.3. The summed E-state index contributed by atoms with van der Waals surface area (Å²) < 4.78 is 5.45. The highest BCUT2D eigenvalue weighted by molar-refractivity contribution is 5.39. The van der Waals surface area contributed by atoms with E-state index in [0.717, 1.165) is 38.3 Å².